The average Bonchev–Trinajstić information content (AvgIpc) is 2.70. The fourth-order valence-corrected chi connectivity index (χ4v) is 3.22. The molecule has 0 aliphatic heterocycles. The van der Waals surface area contributed by atoms with E-state index >= 15 is 0 Å². The largest absolute Gasteiger partial charge is 0.508 e. The van der Waals surface area contributed by atoms with E-state index in [0.717, 1.165) is 16.7 Å². The molecule has 0 spiro atoms. The van der Waals surface area contributed by atoms with E-state index in [9.17, 15) is 14.7 Å². The number of nitrogens with one attached hydrogen (secondary N) is 2. The van der Waals surface area contributed by atoms with Gasteiger partial charge in [-0.2, -0.15) is 0 Å². The summed E-state index contributed by atoms with van der Waals surface area (Å²) in [6, 6.07) is 14.3. The number of benzene rings is 2. The number of hydrogen-bond donors (Lipinski definition) is 3. The Bertz CT molecular complexity index is 930. The average molecular weight is 457 g/mol. The fourth-order valence-electron chi connectivity index (χ4n) is 3.22. The molecule has 180 valence electrons. The molecule has 1 unspecified atom stereocenters. The van der Waals surface area contributed by atoms with Crippen LogP contribution in [0.15, 0.2) is 48.5 Å². The quantitative estimate of drug-likeness (QED) is 0.542. The van der Waals surface area contributed by atoms with Crippen LogP contribution in [0.3, 0.4) is 0 Å². The predicted octanol–water partition coefficient (Wildman–Crippen LogP) is 5.05. The third kappa shape index (κ3) is 9.43. The van der Waals surface area contributed by atoms with Gasteiger partial charge in [-0.15, -0.1) is 0 Å². The highest BCUT2D eigenvalue weighted by Gasteiger charge is 2.22. The molecule has 0 aliphatic carbocycles. The van der Waals surface area contributed by atoms with Crippen LogP contribution >= 0.6 is 0 Å². The van der Waals surface area contributed by atoms with Gasteiger partial charge in [0.25, 0.3) is 0 Å². The molecule has 7 heteroatoms. The lowest BCUT2D eigenvalue weighted by Crippen LogP contribution is -2.46. The maximum atomic E-state index is 12.4. The van der Waals surface area contributed by atoms with Gasteiger partial charge in [-0.1, -0.05) is 63.2 Å². The number of alkyl carbamates (subject to hydrolysis) is 2. The lowest BCUT2D eigenvalue weighted by Gasteiger charge is -2.25. The minimum Gasteiger partial charge on any atom is -0.508 e. The molecule has 2 aromatic rings. The zero-order valence-electron chi connectivity index (χ0n) is 20.4. The van der Waals surface area contributed by atoms with Crippen molar-refractivity contribution in [2.45, 2.75) is 71.6 Å². The molecule has 7 nitrogen and oxygen atoms in total. The van der Waals surface area contributed by atoms with Crippen LogP contribution in [-0.2, 0) is 27.9 Å². The summed E-state index contributed by atoms with van der Waals surface area (Å²) in [5.41, 5.74) is 1.72. The van der Waals surface area contributed by atoms with Crippen molar-refractivity contribution in [3.05, 3.63) is 65.2 Å². The van der Waals surface area contributed by atoms with Crippen LogP contribution in [0.2, 0.25) is 0 Å². The van der Waals surface area contributed by atoms with Gasteiger partial charge in [-0.25, -0.2) is 9.59 Å². The number of ether oxygens (including phenoxy) is 2. The van der Waals surface area contributed by atoms with Crippen molar-refractivity contribution in [1.82, 2.24) is 10.6 Å². The first-order chi connectivity index (χ1) is 15.3. The van der Waals surface area contributed by atoms with Crippen molar-refractivity contribution >= 4 is 12.2 Å². The summed E-state index contributed by atoms with van der Waals surface area (Å²) in [7, 11) is 0. The van der Waals surface area contributed by atoms with Crippen molar-refractivity contribution < 1.29 is 24.2 Å². The maximum absolute atomic E-state index is 12.4. The van der Waals surface area contributed by atoms with Crippen LogP contribution in [0.5, 0.6) is 5.75 Å². The normalized spacial score (nSPS) is 12.5. The van der Waals surface area contributed by atoms with E-state index in [-0.39, 0.29) is 24.3 Å². The van der Waals surface area contributed by atoms with Gasteiger partial charge in [0.15, 0.2) is 0 Å². The molecule has 0 bridgehead atoms. The van der Waals surface area contributed by atoms with E-state index in [2.05, 4.69) is 10.6 Å². The summed E-state index contributed by atoms with van der Waals surface area (Å²) in [4.78, 5) is 24.6. The zero-order chi connectivity index (χ0) is 24.6. The van der Waals surface area contributed by atoms with Crippen LogP contribution in [0.25, 0.3) is 0 Å². The Kier molecular flexibility index (Phi) is 8.74. The molecule has 2 rings (SSSR count). The lowest BCUT2D eigenvalue weighted by atomic mass is 9.85. The second kappa shape index (κ2) is 11.1. The monoisotopic (exact) mass is 456 g/mol. The maximum Gasteiger partial charge on any atom is 0.407 e. The molecule has 0 aliphatic rings. The van der Waals surface area contributed by atoms with Crippen LogP contribution < -0.4 is 10.6 Å². The summed E-state index contributed by atoms with van der Waals surface area (Å²) in [6.07, 6.45) is -0.709. The van der Waals surface area contributed by atoms with Crippen molar-refractivity contribution in [1.29, 1.82) is 0 Å². The van der Waals surface area contributed by atoms with E-state index in [1.165, 1.54) is 0 Å². The molecule has 33 heavy (non-hydrogen) atoms. The van der Waals surface area contributed by atoms with E-state index in [1.54, 1.807) is 26.8 Å². The highest BCUT2D eigenvalue weighted by molar-refractivity contribution is 5.69. The summed E-state index contributed by atoms with van der Waals surface area (Å²) >= 11 is 0. The minimum absolute atomic E-state index is 0.151. The van der Waals surface area contributed by atoms with Crippen molar-refractivity contribution in [3.8, 4) is 5.75 Å². The molecule has 0 fully saturated rings. The lowest BCUT2D eigenvalue weighted by molar-refractivity contribution is 0.0502. The summed E-state index contributed by atoms with van der Waals surface area (Å²) < 4.78 is 10.6. The molecule has 0 aromatic heterocycles. The van der Waals surface area contributed by atoms with Gasteiger partial charge in [-0.3, -0.25) is 0 Å². The number of carbonyl (C=O) groups excluding carboxylic acids is 2. The molecule has 0 radical (unpaired) electrons. The first kappa shape index (κ1) is 26.0. The summed E-state index contributed by atoms with van der Waals surface area (Å²) in [5, 5.41) is 15.8. The molecule has 1 atom stereocenters. The van der Waals surface area contributed by atoms with Gasteiger partial charge in [0.1, 0.15) is 18.0 Å². The Morgan fingerprint density at radius 2 is 1.61 bits per heavy atom. The molecular formula is C26H36N2O5. The standard InChI is InChI=1S/C26H36N2O5/c1-25(2,3)21-15-19(12-13-22(21)29)14-20(28-24(31)33-26(4,5)6)16-27-23(30)32-17-18-10-8-7-9-11-18/h7-13,15,20,29H,14,16-17H2,1-6H3,(H,27,30)(H,28,31). The Morgan fingerprint density at radius 1 is 0.939 bits per heavy atom. The number of hydrogen-bond acceptors (Lipinski definition) is 5. The molecule has 0 saturated carbocycles. The van der Waals surface area contributed by atoms with Crippen LogP contribution in [-0.4, -0.2) is 35.5 Å². The second-order valence-electron chi connectivity index (χ2n) is 10.1. The number of phenols is 1. The highest BCUT2D eigenvalue weighted by Crippen LogP contribution is 2.31. The Labute approximate surface area is 196 Å². The number of phenolic OH excluding ortho intramolecular Hbond substituents is 1. The van der Waals surface area contributed by atoms with Crippen molar-refractivity contribution in [3.63, 3.8) is 0 Å². The van der Waals surface area contributed by atoms with Crippen molar-refractivity contribution in [2.75, 3.05) is 6.54 Å². The van der Waals surface area contributed by atoms with Crippen LogP contribution in [0.1, 0.15) is 58.2 Å². The van der Waals surface area contributed by atoms with E-state index in [1.807, 2.05) is 63.2 Å². The highest BCUT2D eigenvalue weighted by atomic mass is 16.6. The predicted molar refractivity (Wildman–Crippen MR) is 128 cm³/mol. The molecule has 0 saturated heterocycles. The SMILES string of the molecule is CC(C)(C)OC(=O)NC(CNC(=O)OCc1ccccc1)Cc1ccc(O)c(C(C)(C)C)c1. The summed E-state index contributed by atoms with van der Waals surface area (Å²) in [5.74, 6) is 0.227. The first-order valence-electron chi connectivity index (χ1n) is 11.1. The Balaban J connectivity index is 2.06. The van der Waals surface area contributed by atoms with Gasteiger partial charge in [-0.05, 0) is 55.4 Å². The Hall–Kier alpha value is -3.22. The van der Waals surface area contributed by atoms with Gasteiger partial charge < -0.3 is 25.2 Å². The molecule has 2 aromatic carbocycles. The fraction of sp³-hybridized carbons (Fsp3) is 0.462. The van der Waals surface area contributed by atoms with E-state index in [4.69, 9.17) is 9.47 Å². The van der Waals surface area contributed by atoms with Gasteiger partial charge in [0, 0.05) is 6.54 Å². The third-order valence-electron chi connectivity index (χ3n) is 4.78. The molecule has 2 amide bonds. The molecular weight excluding hydrogens is 420 g/mol. The first-order valence-corrected chi connectivity index (χ1v) is 11.1. The summed E-state index contributed by atoms with van der Waals surface area (Å²) in [6.45, 7) is 11.7. The number of carbonyl (C=O) groups is 2. The molecule has 3 N–H and O–H groups in total. The Morgan fingerprint density at radius 3 is 2.21 bits per heavy atom. The van der Waals surface area contributed by atoms with Gasteiger partial charge in [0.2, 0.25) is 0 Å². The topological polar surface area (TPSA) is 96.9 Å². The number of amides is 2. The second-order valence-corrected chi connectivity index (χ2v) is 10.1. The molecule has 0 heterocycles. The van der Waals surface area contributed by atoms with Gasteiger partial charge >= 0.3 is 12.2 Å². The third-order valence-corrected chi connectivity index (χ3v) is 4.78. The number of rotatable bonds is 7. The zero-order valence-corrected chi connectivity index (χ0v) is 20.4. The van der Waals surface area contributed by atoms with Crippen LogP contribution in [0, 0.1) is 0 Å². The van der Waals surface area contributed by atoms with Gasteiger partial charge in [0.05, 0.1) is 6.04 Å². The van der Waals surface area contributed by atoms with Crippen molar-refractivity contribution in [2.24, 2.45) is 0 Å². The van der Waals surface area contributed by atoms with E-state index < -0.39 is 23.8 Å². The van der Waals surface area contributed by atoms with E-state index in [0.29, 0.717) is 6.42 Å². The van der Waals surface area contributed by atoms with Crippen LogP contribution in [0.4, 0.5) is 9.59 Å². The smallest absolute Gasteiger partial charge is 0.407 e. The minimum atomic E-state index is -0.644. The number of aromatic hydroxyl groups is 1.